The number of rotatable bonds is 2. The minimum atomic E-state index is 0.735. The van der Waals surface area contributed by atoms with Gasteiger partial charge < -0.3 is 10.6 Å². The normalized spacial score (nSPS) is 15.4. The van der Waals surface area contributed by atoms with Crippen LogP contribution < -0.4 is 10.6 Å². The van der Waals surface area contributed by atoms with Crippen molar-refractivity contribution in [2.75, 3.05) is 30.3 Å². The molecule has 76 valence electrons. The van der Waals surface area contributed by atoms with Gasteiger partial charge in [-0.25, -0.2) is 0 Å². The van der Waals surface area contributed by atoms with E-state index in [2.05, 4.69) is 30.0 Å². The smallest absolute Gasteiger partial charge is 0.0534 e. The Balaban J connectivity index is 2.36. The first-order chi connectivity index (χ1) is 6.83. The summed E-state index contributed by atoms with van der Waals surface area (Å²) in [6.45, 7) is 5.00. The number of nitrogens with zero attached hydrogens (tertiary/aromatic N) is 1. The number of hydrogen-bond donors (Lipinski definition) is 1. The van der Waals surface area contributed by atoms with Gasteiger partial charge in [0.15, 0.2) is 0 Å². The zero-order valence-corrected chi connectivity index (χ0v) is 9.31. The Kier molecular flexibility index (Phi) is 2.99. The minimum Gasteiger partial charge on any atom is -0.368 e. The largest absolute Gasteiger partial charge is 0.368 e. The van der Waals surface area contributed by atoms with Crippen LogP contribution in [-0.4, -0.2) is 25.4 Å². The van der Waals surface area contributed by atoms with Crippen molar-refractivity contribution in [2.45, 2.75) is 11.8 Å². The van der Waals surface area contributed by atoms with E-state index in [0.29, 0.717) is 0 Å². The Morgan fingerprint density at radius 2 is 2.36 bits per heavy atom. The Morgan fingerprint density at radius 3 is 3.14 bits per heavy atom. The minimum absolute atomic E-state index is 0.735. The van der Waals surface area contributed by atoms with E-state index in [9.17, 15) is 0 Å². The first-order valence-electron chi connectivity index (χ1n) is 5.00. The monoisotopic (exact) mass is 208 g/mol. The molecule has 1 aliphatic heterocycles. The highest BCUT2D eigenvalue weighted by Crippen LogP contribution is 2.36. The molecule has 0 saturated heterocycles. The van der Waals surface area contributed by atoms with Crippen molar-refractivity contribution in [3.05, 3.63) is 23.8 Å². The Labute approximate surface area is 89.5 Å². The molecule has 0 amide bonds. The van der Waals surface area contributed by atoms with Gasteiger partial charge in [-0.1, -0.05) is 12.1 Å². The lowest BCUT2D eigenvalue weighted by Crippen LogP contribution is -2.34. The van der Waals surface area contributed by atoms with Crippen LogP contribution >= 0.6 is 11.8 Å². The fourth-order valence-electron chi connectivity index (χ4n) is 1.91. The zero-order valence-electron chi connectivity index (χ0n) is 8.49. The number of thioether (sulfide) groups is 1. The van der Waals surface area contributed by atoms with Crippen molar-refractivity contribution in [2.24, 2.45) is 5.73 Å². The predicted octanol–water partition coefficient (Wildman–Crippen LogP) is 1.87. The van der Waals surface area contributed by atoms with Gasteiger partial charge in [0.05, 0.1) is 5.69 Å². The quantitative estimate of drug-likeness (QED) is 0.804. The molecule has 0 bridgehead atoms. The first-order valence-corrected chi connectivity index (χ1v) is 5.99. The van der Waals surface area contributed by atoms with Crippen molar-refractivity contribution < 1.29 is 0 Å². The molecule has 0 atom stereocenters. The Hall–Kier alpha value is -0.670. The molecule has 1 aromatic rings. The molecule has 0 fully saturated rings. The second kappa shape index (κ2) is 4.24. The van der Waals surface area contributed by atoms with Gasteiger partial charge in [0, 0.05) is 30.3 Å². The van der Waals surface area contributed by atoms with E-state index in [-0.39, 0.29) is 0 Å². The second-order valence-electron chi connectivity index (χ2n) is 3.55. The third kappa shape index (κ3) is 1.74. The maximum atomic E-state index is 5.62. The maximum Gasteiger partial charge on any atom is 0.0534 e. The summed E-state index contributed by atoms with van der Waals surface area (Å²) in [5, 5.41) is 0. The van der Waals surface area contributed by atoms with Gasteiger partial charge in [-0.2, -0.15) is 0 Å². The van der Waals surface area contributed by atoms with Crippen molar-refractivity contribution >= 4 is 17.4 Å². The molecule has 2 N–H and O–H groups in total. The zero-order chi connectivity index (χ0) is 9.97. The highest BCUT2D eigenvalue weighted by atomic mass is 32.2. The van der Waals surface area contributed by atoms with E-state index in [1.165, 1.54) is 21.9 Å². The van der Waals surface area contributed by atoms with Crippen LogP contribution in [0.2, 0.25) is 0 Å². The lowest BCUT2D eigenvalue weighted by Gasteiger charge is -2.31. The molecule has 0 aliphatic carbocycles. The summed E-state index contributed by atoms with van der Waals surface area (Å²) in [6.07, 6.45) is 0. The molecular formula is C11H16N2S. The van der Waals surface area contributed by atoms with Crippen LogP contribution in [0.4, 0.5) is 5.69 Å². The third-order valence-electron chi connectivity index (χ3n) is 2.53. The molecule has 1 heterocycles. The lowest BCUT2D eigenvalue weighted by atomic mass is 10.1. The number of fused-ring (bicyclic) bond motifs is 1. The number of hydrogen-bond acceptors (Lipinski definition) is 3. The molecule has 0 spiro atoms. The second-order valence-corrected chi connectivity index (χ2v) is 4.68. The summed E-state index contributed by atoms with van der Waals surface area (Å²) in [6, 6.07) is 6.51. The molecule has 0 aromatic heterocycles. The van der Waals surface area contributed by atoms with Gasteiger partial charge in [-0.3, -0.25) is 0 Å². The third-order valence-corrected chi connectivity index (χ3v) is 3.56. The van der Waals surface area contributed by atoms with Gasteiger partial charge in [-0.15, -0.1) is 11.8 Å². The van der Waals surface area contributed by atoms with Gasteiger partial charge >= 0.3 is 0 Å². The molecule has 1 aliphatic rings. The number of benzene rings is 1. The predicted molar refractivity (Wildman–Crippen MR) is 63.2 cm³/mol. The van der Waals surface area contributed by atoms with Gasteiger partial charge in [0.2, 0.25) is 0 Å². The summed E-state index contributed by atoms with van der Waals surface area (Å²) in [5.41, 5.74) is 8.38. The average Bonchev–Trinajstić information content (AvgIpc) is 2.19. The van der Waals surface area contributed by atoms with Gasteiger partial charge in [0.1, 0.15) is 0 Å². The number of nitrogens with two attached hydrogens (primary N) is 1. The van der Waals surface area contributed by atoms with Gasteiger partial charge in [0.25, 0.3) is 0 Å². The molecule has 1 aromatic carbocycles. The lowest BCUT2D eigenvalue weighted by molar-refractivity contribution is 0.801. The Bertz CT molecular complexity index is 325. The van der Waals surface area contributed by atoms with E-state index < -0.39 is 0 Å². The van der Waals surface area contributed by atoms with Crippen molar-refractivity contribution in [1.82, 2.24) is 0 Å². The van der Waals surface area contributed by atoms with Crippen molar-refractivity contribution in [3.63, 3.8) is 0 Å². The van der Waals surface area contributed by atoms with Gasteiger partial charge in [-0.05, 0) is 18.6 Å². The Morgan fingerprint density at radius 1 is 1.50 bits per heavy atom. The number of anilines is 1. The van der Waals surface area contributed by atoms with Crippen molar-refractivity contribution in [1.29, 1.82) is 0 Å². The van der Waals surface area contributed by atoms with E-state index in [4.69, 9.17) is 5.73 Å². The average molecular weight is 208 g/mol. The summed E-state index contributed by atoms with van der Waals surface area (Å²) in [5.74, 6) is 1.18. The molecule has 3 heteroatoms. The number of para-hydroxylation sites is 1. The van der Waals surface area contributed by atoms with Crippen LogP contribution in [0.3, 0.4) is 0 Å². The molecule has 0 saturated carbocycles. The molecule has 0 radical (unpaired) electrons. The molecular weight excluding hydrogens is 192 g/mol. The summed E-state index contributed by atoms with van der Waals surface area (Å²) >= 11 is 1.95. The van der Waals surface area contributed by atoms with E-state index >= 15 is 0 Å². The summed E-state index contributed by atoms with van der Waals surface area (Å²) in [7, 11) is 0. The highest BCUT2D eigenvalue weighted by molar-refractivity contribution is 7.99. The molecule has 0 unspecified atom stereocenters. The van der Waals surface area contributed by atoms with Crippen LogP contribution in [0.15, 0.2) is 23.1 Å². The molecule has 14 heavy (non-hydrogen) atoms. The van der Waals surface area contributed by atoms with Crippen LogP contribution in [0.25, 0.3) is 0 Å². The van der Waals surface area contributed by atoms with Crippen LogP contribution in [0, 0.1) is 6.92 Å². The van der Waals surface area contributed by atoms with Crippen molar-refractivity contribution in [3.8, 4) is 0 Å². The maximum absolute atomic E-state index is 5.62. The van der Waals surface area contributed by atoms with E-state index in [1.54, 1.807) is 0 Å². The molecule has 2 nitrogen and oxygen atoms in total. The van der Waals surface area contributed by atoms with E-state index in [1.807, 2.05) is 11.8 Å². The number of aryl methyl sites for hydroxylation is 1. The summed E-state index contributed by atoms with van der Waals surface area (Å²) < 4.78 is 0. The van der Waals surface area contributed by atoms with Crippen LogP contribution in [0.5, 0.6) is 0 Å². The van der Waals surface area contributed by atoms with Crippen LogP contribution in [0.1, 0.15) is 5.56 Å². The fourth-order valence-corrected chi connectivity index (χ4v) is 3.04. The molecule has 2 rings (SSSR count). The topological polar surface area (TPSA) is 29.3 Å². The summed E-state index contributed by atoms with van der Waals surface area (Å²) in [4.78, 5) is 3.81. The highest BCUT2D eigenvalue weighted by Gasteiger charge is 2.17. The van der Waals surface area contributed by atoms with E-state index in [0.717, 1.165) is 19.6 Å². The fraction of sp³-hybridized carbons (Fsp3) is 0.455. The van der Waals surface area contributed by atoms with Crippen LogP contribution in [-0.2, 0) is 0 Å². The first kappa shape index (κ1) is 9.87. The standard InChI is InChI=1S/C11H16N2S/c1-9-3-2-4-10-11(9)13(6-5-12)7-8-14-10/h2-4H,5-8,12H2,1H3. The SMILES string of the molecule is Cc1cccc2c1N(CCN)CCS2.